The summed E-state index contributed by atoms with van der Waals surface area (Å²) >= 11 is 0. The van der Waals surface area contributed by atoms with E-state index in [1.807, 2.05) is 0 Å². The lowest BCUT2D eigenvalue weighted by molar-refractivity contribution is -0.118. The molecular weight excluding hydrogens is 208 g/mol. The lowest BCUT2D eigenvalue weighted by Gasteiger charge is -2.14. The molecule has 0 spiro atoms. The fourth-order valence-corrected chi connectivity index (χ4v) is 0.747. The minimum atomic E-state index is 0. The molecule has 0 aromatic carbocycles. The van der Waals surface area contributed by atoms with E-state index in [4.69, 9.17) is 0 Å². The van der Waals surface area contributed by atoms with Crippen LogP contribution < -0.4 is 0 Å². The van der Waals surface area contributed by atoms with Gasteiger partial charge in [-0.1, -0.05) is 87.6 Å². The van der Waals surface area contributed by atoms with E-state index < -0.39 is 0 Å². The van der Waals surface area contributed by atoms with Crippen LogP contribution in [0.4, 0.5) is 0 Å². The van der Waals surface area contributed by atoms with Crippen LogP contribution in [-0.4, -0.2) is 5.78 Å². The Bertz CT molecular complexity index is 88.2. The Hall–Kier alpha value is -0.330. The second-order valence-electron chi connectivity index (χ2n) is 3.44. The maximum atomic E-state index is 10.5. The molecule has 0 aliphatic heterocycles. The molecule has 0 aromatic heterocycles. The van der Waals surface area contributed by atoms with Crippen LogP contribution in [-0.2, 0) is 4.79 Å². The van der Waals surface area contributed by atoms with Gasteiger partial charge in [0.25, 0.3) is 0 Å². The van der Waals surface area contributed by atoms with Gasteiger partial charge in [0.15, 0.2) is 0 Å². The Morgan fingerprint density at radius 3 is 0.882 bits per heavy atom. The van der Waals surface area contributed by atoms with Crippen molar-refractivity contribution in [3.63, 3.8) is 0 Å². The molecule has 0 radical (unpaired) electrons. The van der Waals surface area contributed by atoms with Crippen LogP contribution in [0.2, 0.25) is 0 Å². The monoisotopic (exact) mass is 258 g/mol. The highest BCUT2D eigenvalue weighted by molar-refractivity contribution is 5.76. The molecule has 120 valence electrons. The first-order valence-corrected chi connectivity index (χ1v) is 2.91. The molecular formula is C16H50O. The molecule has 0 aromatic rings. The first-order valence-electron chi connectivity index (χ1n) is 2.91. The lowest BCUT2D eigenvalue weighted by Crippen LogP contribution is -2.09. The van der Waals surface area contributed by atoms with Gasteiger partial charge in [0.2, 0.25) is 0 Å². The number of hydrogen-bond acceptors (Lipinski definition) is 1. The lowest BCUT2D eigenvalue weighted by atomic mass is 9.91. The van der Waals surface area contributed by atoms with Crippen molar-refractivity contribution in [2.45, 2.75) is 101 Å². The van der Waals surface area contributed by atoms with Crippen LogP contribution in [0.3, 0.4) is 0 Å². The van der Waals surface area contributed by atoms with E-state index in [9.17, 15) is 4.79 Å². The average molecular weight is 259 g/mol. The van der Waals surface area contributed by atoms with Crippen LogP contribution in [0, 0.1) is 5.41 Å². The van der Waals surface area contributed by atoms with Gasteiger partial charge in [0.05, 0.1) is 0 Å². The van der Waals surface area contributed by atoms with Gasteiger partial charge >= 0.3 is 0 Å². The Morgan fingerprint density at radius 1 is 0.706 bits per heavy atom. The topological polar surface area (TPSA) is 17.1 Å². The Balaban J connectivity index is -0.00000000681. The minimum absolute atomic E-state index is 0. The molecule has 1 nitrogen and oxygen atoms in total. The van der Waals surface area contributed by atoms with Crippen molar-refractivity contribution in [2.75, 3.05) is 0 Å². The van der Waals surface area contributed by atoms with Gasteiger partial charge in [-0.2, -0.15) is 0 Å². The van der Waals surface area contributed by atoms with Crippen molar-refractivity contribution in [3.05, 3.63) is 0 Å². The van der Waals surface area contributed by atoms with E-state index >= 15 is 0 Å². The number of rotatable bonds is 1. The van der Waals surface area contributed by atoms with E-state index in [0.29, 0.717) is 6.42 Å². The predicted octanol–water partition coefficient (Wildman–Crippen LogP) is 7.74. The van der Waals surface area contributed by atoms with Crippen LogP contribution in [0.1, 0.15) is 101 Å². The number of hydrogen-bond donors (Lipinski definition) is 0. The number of Topliss-reactive ketones (excluding diaryl/α,β-unsaturated/α-hetero) is 1. The highest BCUT2D eigenvalue weighted by Gasteiger charge is 2.11. The van der Waals surface area contributed by atoms with Gasteiger partial charge in [-0.15, -0.1) is 0 Å². The van der Waals surface area contributed by atoms with Crippen molar-refractivity contribution >= 4 is 5.78 Å². The van der Waals surface area contributed by atoms with Gasteiger partial charge in [0, 0.05) is 6.42 Å². The zero-order chi connectivity index (χ0) is 6.78. The third-order valence-corrected chi connectivity index (χ3v) is 0.779. The molecule has 0 aliphatic rings. The van der Waals surface area contributed by atoms with E-state index in [1.54, 1.807) is 6.92 Å². The zero-order valence-electron chi connectivity index (χ0n) is 6.12. The number of ketones is 1. The van der Waals surface area contributed by atoms with Crippen molar-refractivity contribution in [1.29, 1.82) is 0 Å². The van der Waals surface area contributed by atoms with E-state index in [1.165, 1.54) is 0 Å². The Labute approximate surface area is 117 Å². The van der Waals surface area contributed by atoms with Gasteiger partial charge in [-0.05, 0) is 12.3 Å². The SMILES string of the molecule is C.C.C.C.C.C.C.C.C.CC(=O)CC(C)(C)C. The largest absolute Gasteiger partial charge is 0.300 e. The van der Waals surface area contributed by atoms with Crippen molar-refractivity contribution in [3.8, 4) is 0 Å². The summed E-state index contributed by atoms with van der Waals surface area (Å²) in [6.45, 7) is 7.82. The molecule has 1 heteroatoms. The van der Waals surface area contributed by atoms with Crippen LogP contribution in [0.25, 0.3) is 0 Å². The first-order chi connectivity index (χ1) is 3.42. The van der Waals surface area contributed by atoms with Crippen LogP contribution in [0.15, 0.2) is 0 Å². The smallest absolute Gasteiger partial charge is 0.130 e. The molecule has 17 heavy (non-hydrogen) atoms. The van der Waals surface area contributed by atoms with Gasteiger partial charge in [0.1, 0.15) is 5.78 Å². The second kappa shape index (κ2) is 36.1. The fourth-order valence-electron chi connectivity index (χ4n) is 0.747. The summed E-state index contributed by atoms with van der Waals surface area (Å²) in [7, 11) is 0. The van der Waals surface area contributed by atoms with E-state index in [0.717, 1.165) is 0 Å². The Kier molecular flexibility index (Phi) is 195. The highest BCUT2D eigenvalue weighted by Crippen LogP contribution is 2.17. The normalized spacial score (nSPS) is 5.41. The van der Waals surface area contributed by atoms with Crippen LogP contribution in [0.5, 0.6) is 0 Å². The summed E-state index contributed by atoms with van der Waals surface area (Å²) in [4.78, 5) is 10.5. The van der Waals surface area contributed by atoms with Crippen molar-refractivity contribution < 1.29 is 4.79 Å². The third-order valence-electron chi connectivity index (χ3n) is 0.779. The molecule has 0 saturated heterocycles. The molecule has 0 N–H and O–H groups in total. The van der Waals surface area contributed by atoms with E-state index in [-0.39, 0.29) is 78.0 Å². The summed E-state index contributed by atoms with van der Waals surface area (Å²) in [5.74, 6) is 0.275. The summed E-state index contributed by atoms with van der Waals surface area (Å²) in [6, 6.07) is 0. The van der Waals surface area contributed by atoms with Gasteiger partial charge in [-0.3, -0.25) is 0 Å². The van der Waals surface area contributed by atoms with E-state index in [2.05, 4.69) is 20.8 Å². The molecule has 0 atom stereocenters. The first kappa shape index (κ1) is 92.0. The fraction of sp³-hybridized carbons (Fsp3) is 0.938. The molecule has 0 fully saturated rings. The second-order valence-corrected chi connectivity index (χ2v) is 3.44. The molecule has 0 unspecified atom stereocenters. The minimum Gasteiger partial charge on any atom is -0.300 e. The zero-order valence-corrected chi connectivity index (χ0v) is 6.12. The van der Waals surface area contributed by atoms with Gasteiger partial charge < -0.3 is 4.79 Å². The standard InChI is InChI=1S/C7H14O.9CH4/c1-6(8)5-7(2,3)4;;;;;;;;;/h5H2,1-4H3;9*1H4. The highest BCUT2D eigenvalue weighted by atomic mass is 16.1. The summed E-state index contributed by atoms with van der Waals surface area (Å²) in [6.07, 6.45) is 0.687. The van der Waals surface area contributed by atoms with Gasteiger partial charge in [-0.25, -0.2) is 0 Å². The molecule has 0 amide bonds. The summed E-state index contributed by atoms with van der Waals surface area (Å²) in [5.41, 5.74) is 0.172. The maximum absolute atomic E-state index is 10.5. The molecule has 0 aliphatic carbocycles. The quantitative estimate of drug-likeness (QED) is 0.470. The predicted molar refractivity (Wildman–Crippen MR) is 95.3 cm³/mol. The molecule has 0 heterocycles. The van der Waals surface area contributed by atoms with Crippen molar-refractivity contribution in [2.24, 2.45) is 5.41 Å². The molecule has 0 rings (SSSR count). The average Bonchev–Trinajstić information content (AvgIpc) is 1.21. The summed E-state index contributed by atoms with van der Waals surface area (Å²) in [5, 5.41) is 0. The number of carbonyl (C=O) groups excluding carboxylic acids is 1. The van der Waals surface area contributed by atoms with Crippen LogP contribution >= 0.6 is 0 Å². The summed E-state index contributed by atoms with van der Waals surface area (Å²) < 4.78 is 0. The number of carbonyl (C=O) groups is 1. The maximum Gasteiger partial charge on any atom is 0.130 e. The third kappa shape index (κ3) is 134. The molecule has 0 bridgehead atoms. The Morgan fingerprint density at radius 2 is 0.882 bits per heavy atom. The molecule has 0 saturated carbocycles. The van der Waals surface area contributed by atoms with Crippen molar-refractivity contribution in [1.82, 2.24) is 0 Å².